The Bertz CT molecular complexity index is 953. The van der Waals surface area contributed by atoms with E-state index < -0.39 is 12.1 Å². The maximum Gasteiger partial charge on any atom is 0.471 e. The smallest absolute Gasteiger partial charge is 0.380 e. The number of nitrogens with one attached hydrogen (secondary N) is 1. The Morgan fingerprint density at radius 2 is 1.86 bits per heavy atom. The average molecular weight is 391 g/mol. The molecule has 9 heteroatoms. The summed E-state index contributed by atoms with van der Waals surface area (Å²) in [6, 6.07) is 13.5. The first-order valence-electron chi connectivity index (χ1n) is 8.23. The molecule has 28 heavy (non-hydrogen) atoms. The third-order valence-corrected chi connectivity index (χ3v) is 3.83. The summed E-state index contributed by atoms with van der Waals surface area (Å²) in [6.07, 6.45) is -4.70. The van der Waals surface area contributed by atoms with Crippen LogP contribution in [0.4, 0.5) is 13.2 Å². The number of halogens is 3. The summed E-state index contributed by atoms with van der Waals surface area (Å²) < 4.78 is 46.9. The van der Waals surface area contributed by atoms with Crippen molar-refractivity contribution >= 4 is 5.91 Å². The summed E-state index contributed by atoms with van der Waals surface area (Å²) in [5.74, 6) is -1.93. The molecular formula is C19H16F3N3O3. The summed E-state index contributed by atoms with van der Waals surface area (Å²) in [6.45, 7) is 0.813. The fourth-order valence-corrected chi connectivity index (χ4v) is 2.51. The zero-order valence-electron chi connectivity index (χ0n) is 14.8. The van der Waals surface area contributed by atoms with Crippen LogP contribution in [0.2, 0.25) is 0 Å². The summed E-state index contributed by atoms with van der Waals surface area (Å²) in [7, 11) is 1.61. The van der Waals surface area contributed by atoms with Gasteiger partial charge in [0.15, 0.2) is 0 Å². The highest BCUT2D eigenvalue weighted by Crippen LogP contribution is 2.29. The Hall–Kier alpha value is -3.20. The fraction of sp³-hybridized carbons (Fsp3) is 0.211. The topological polar surface area (TPSA) is 77.2 Å². The van der Waals surface area contributed by atoms with E-state index in [1.165, 1.54) is 24.3 Å². The van der Waals surface area contributed by atoms with Crippen LogP contribution in [-0.2, 0) is 24.1 Å². The van der Waals surface area contributed by atoms with Crippen LogP contribution < -0.4 is 5.32 Å². The second-order valence-electron chi connectivity index (χ2n) is 5.93. The molecule has 0 bridgehead atoms. The van der Waals surface area contributed by atoms with E-state index in [-0.39, 0.29) is 11.7 Å². The van der Waals surface area contributed by atoms with Crippen molar-refractivity contribution in [3.63, 3.8) is 0 Å². The molecule has 0 aliphatic carbocycles. The standard InChI is InChI=1S/C19H16F3N3O3/c1-27-11-13-4-2-3-12(9-13)10-23-17(26)15-7-5-14(6-8-15)16-24-18(28-25-16)19(20,21)22/h2-9H,10-11H2,1H3,(H,23,26). The van der Waals surface area contributed by atoms with Gasteiger partial charge in [0.05, 0.1) is 6.61 Å². The maximum atomic E-state index is 12.5. The Morgan fingerprint density at radius 1 is 1.14 bits per heavy atom. The van der Waals surface area contributed by atoms with Gasteiger partial charge < -0.3 is 14.6 Å². The van der Waals surface area contributed by atoms with Crippen molar-refractivity contribution in [3.05, 3.63) is 71.1 Å². The number of methoxy groups -OCH3 is 1. The Kier molecular flexibility index (Phi) is 5.74. The van der Waals surface area contributed by atoms with Gasteiger partial charge in [-0.1, -0.05) is 41.6 Å². The van der Waals surface area contributed by atoms with E-state index in [4.69, 9.17) is 4.74 Å². The lowest BCUT2D eigenvalue weighted by Crippen LogP contribution is -2.22. The highest BCUT2D eigenvalue weighted by atomic mass is 19.4. The fourth-order valence-electron chi connectivity index (χ4n) is 2.51. The Labute approximate surface area is 158 Å². The normalized spacial score (nSPS) is 11.4. The van der Waals surface area contributed by atoms with Gasteiger partial charge in [0.2, 0.25) is 5.82 Å². The zero-order chi connectivity index (χ0) is 20.1. The van der Waals surface area contributed by atoms with Crippen LogP contribution in [0.5, 0.6) is 0 Å². The van der Waals surface area contributed by atoms with Gasteiger partial charge >= 0.3 is 12.1 Å². The second kappa shape index (κ2) is 8.22. The summed E-state index contributed by atoms with van der Waals surface area (Å²) >= 11 is 0. The second-order valence-corrected chi connectivity index (χ2v) is 5.93. The van der Waals surface area contributed by atoms with Crippen molar-refractivity contribution < 1.29 is 27.2 Å². The molecule has 3 rings (SSSR count). The molecule has 0 radical (unpaired) electrons. The third-order valence-electron chi connectivity index (χ3n) is 3.83. The molecule has 2 aromatic carbocycles. The van der Waals surface area contributed by atoms with Crippen LogP contribution in [0.3, 0.4) is 0 Å². The van der Waals surface area contributed by atoms with E-state index in [2.05, 4.69) is 20.0 Å². The number of amides is 1. The number of hydrogen-bond acceptors (Lipinski definition) is 5. The minimum Gasteiger partial charge on any atom is -0.380 e. The molecule has 1 amide bonds. The molecule has 0 atom stereocenters. The van der Waals surface area contributed by atoms with E-state index in [0.29, 0.717) is 24.3 Å². The van der Waals surface area contributed by atoms with E-state index in [9.17, 15) is 18.0 Å². The zero-order valence-corrected chi connectivity index (χ0v) is 14.8. The maximum absolute atomic E-state index is 12.5. The number of ether oxygens (including phenoxy) is 1. The summed E-state index contributed by atoms with van der Waals surface area (Å²) in [5, 5.41) is 6.10. The van der Waals surface area contributed by atoms with Gasteiger partial charge in [0, 0.05) is 24.8 Å². The Morgan fingerprint density at radius 3 is 2.50 bits per heavy atom. The van der Waals surface area contributed by atoms with E-state index >= 15 is 0 Å². The number of benzene rings is 2. The predicted octanol–water partition coefficient (Wildman–Crippen LogP) is 3.83. The quantitative estimate of drug-likeness (QED) is 0.691. The van der Waals surface area contributed by atoms with Crippen LogP contribution in [-0.4, -0.2) is 23.2 Å². The monoisotopic (exact) mass is 391 g/mol. The van der Waals surface area contributed by atoms with Crippen LogP contribution in [0.1, 0.15) is 27.4 Å². The third kappa shape index (κ3) is 4.74. The molecule has 1 aromatic heterocycles. The van der Waals surface area contributed by atoms with Gasteiger partial charge in [-0.25, -0.2) is 0 Å². The molecule has 0 spiro atoms. The molecule has 1 heterocycles. The first kappa shape index (κ1) is 19.6. The largest absolute Gasteiger partial charge is 0.471 e. The highest BCUT2D eigenvalue weighted by molar-refractivity contribution is 5.94. The molecule has 0 unspecified atom stereocenters. The number of carbonyl (C=O) groups excluding carboxylic acids is 1. The first-order valence-corrected chi connectivity index (χ1v) is 8.23. The van der Waals surface area contributed by atoms with Crippen LogP contribution in [0, 0.1) is 0 Å². The SMILES string of the molecule is COCc1cccc(CNC(=O)c2ccc(-c3noc(C(F)(F)F)n3)cc2)c1. The number of rotatable bonds is 6. The van der Waals surface area contributed by atoms with Gasteiger partial charge in [-0.2, -0.15) is 18.2 Å². The van der Waals surface area contributed by atoms with Gasteiger partial charge in [-0.05, 0) is 23.3 Å². The lowest BCUT2D eigenvalue weighted by molar-refractivity contribution is -0.159. The molecule has 0 aliphatic rings. The number of nitrogens with zero attached hydrogens (tertiary/aromatic N) is 2. The molecule has 3 aromatic rings. The minimum atomic E-state index is -4.70. The van der Waals surface area contributed by atoms with Gasteiger partial charge in [0.1, 0.15) is 0 Å². The minimum absolute atomic E-state index is 0.200. The lowest BCUT2D eigenvalue weighted by atomic mass is 10.1. The van der Waals surface area contributed by atoms with Gasteiger partial charge in [0.25, 0.3) is 5.91 Å². The molecule has 0 fully saturated rings. The summed E-state index contributed by atoms with van der Waals surface area (Å²) in [5.41, 5.74) is 2.59. The van der Waals surface area contributed by atoms with Crippen LogP contribution in [0.15, 0.2) is 53.1 Å². The van der Waals surface area contributed by atoms with E-state index in [0.717, 1.165) is 11.1 Å². The molecular weight excluding hydrogens is 375 g/mol. The number of alkyl halides is 3. The molecule has 1 N–H and O–H groups in total. The molecule has 0 saturated carbocycles. The van der Waals surface area contributed by atoms with Crippen molar-refractivity contribution in [1.29, 1.82) is 0 Å². The highest BCUT2D eigenvalue weighted by Gasteiger charge is 2.38. The predicted molar refractivity (Wildman–Crippen MR) is 93.1 cm³/mol. The lowest BCUT2D eigenvalue weighted by Gasteiger charge is -2.07. The molecule has 146 valence electrons. The van der Waals surface area contributed by atoms with Crippen LogP contribution >= 0.6 is 0 Å². The van der Waals surface area contributed by atoms with Gasteiger partial charge in [-0.15, -0.1) is 0 Å². The van der Waals surface area contributed by atoms with Crippen molar-refractivity contribution in [2.45, 2.75) is 19.3 Å². The van der Waals surface area contributed by atoms with E-state index in [1.54, 1.807) is 7.11 Å². The van der Waals surface area contributed by atoms with Crippen molar-refractivity contribution in [1.82, 2.24) is 15.5 Å². The molecule has 0 aliphatic heterocycles. The van der Waals surface area contributed by atoms with Crippen LogP contribution in [0.25, 0.3) is 11.4 Å². The van der Waals surface area contributed by atoms with E-state index in [1.807, 2.05) is 24.3 Å². The molecule has 6 nitrogen and oxygen atoms in total. The summed E-state index contributed by atoms with van der Waals surface area (Å²) in [4.78, 5) is 15.6. The van der Waals surface area contributed by atoms with Crippen molar-refractivity contribution in [2.24, 2.45) is 0 Å². The number of aromatic nitrogens is 2. The Balaban J connectivity index is 1.64. The average Bonchev–Trinajstić information content (AvgIpc) is 3.18. The molecule has 0 saturated heterocycles. The number of hydrogen-bond donors (Lipinski definition) is 1. The van der Waals surface area contributed by atoms with Gasteiger partial charge in [-0.3, -0.25) is 4.79 Å². The van der Waals surface area contributed by atoms with Crippen molar-refractivity contribution in [3.8, 4) is 11.4 Å². The first-order chi connectivity index (χ1) is 13.4. The number of carbonyl (C=O) groups is 1. The van der Waals surface area contributed by atoms with Crippen molar-refractivity contribution in [2.75, 3.05) is 7.11 Å².